The molecule has 2 aromatic carbocycles. The van der Waals surface area contributed by atoms with Gasteiger partial charge in [-0.15, -0.1) is 10.2 Å². The summed E-state index contributed by atoms with van der Waals surface area (Å²) in [7, 11) is 0. The molecule has 0 unspecified atom stereocenters. The van der Waals surface area contributed by atoms with Gasteiger partial charge in [-0.1, -0.05) is 34.5 Å². The third kappa shape index (κ3) is 4.15. The fourth-order valence-corrected chi connectivity index (χ4v) is 4.12. The van der Waals surface area contributed by atoms with Gasteiger partial charge >= 0.3 is 0 Å². The molecule has 0 aliphatic rings. The van der Waals surface area contributed by atoms with Crippen molar-refractivity contribution in [1.82, 2.24) is 25.1 Å². The van der Waals surface area contributed by atoms with Crippen molar-refractivity contribution in [2.24, 2.45) is 0 Å². The maximum absolute atomic E-state index is 12.4. The van der Waals surface area contributed by atoms with Crippen LogP contribution in [0.5, 0.6) is 0 Å². The van der Waals surface area contributed by atoms with Crippen LogP contribution in [-0.2, 0) is 0 Å². The van der Waals surface area contributed by atoms with Crippen molar-refractivity contribution >= 4 is 68.4 Å². The second-order valence-corrected chi connectivity index (χ2v) is 8.59. The van der Waals surface area contributed by atoms with E-state index in [4.69, 9.17) is 35.4 Å². The number of hydrogen-bond acceptors (Lipinski definition) is 6. The number of rotatable bonds is 3. The van der Waals surface area contributed by atoms with Gasteiger partial charge in [-0.3, -0.25) is 10.1 Å². The van der Waals surface area contributed by atoms with Crippen LogP contribution in [0.2, 0.25) is 10.0 Å². The van der Waals surface area contributed by atoms with Gasteiger partial charge in [0.15, 0.2) is 10.9 Å². The van der Waals surface area contributed by atoms with E-state index in [0.29, 0.717) is 15.6 Å². The molecular formula is C19H14Cl2N6OS2. The SMILES string of the molecule is Cc1cc(-c2nn3c(C)nnc3s2)ccc1NC(=S)NC(=O)c1ccc(Cl)c(Cl)c1. The number of hydrogen-bond donors (Lipinski definition) is 2. The van der Waals surface area contributed by atoms with E-state index in [9.17, 15) is 4.79 Å². The Morgan fingerprint density at radius 2 is 1.90 bits per heavy atom. The Morgan fingerprint density at radius 3 is 2.60 bits per heavy atom. The second kappa shape index (κ2) is 8.27. The van der Waals surface area contributed by atoms with Crippen LogP contribution in [0.4, 0.5) is 5.69 Å². The molecule has 11 heteroatoms. The van der Waals surface area contributed by atoms with E-state index in [1.807, 2.05) is 32.0 Å². The molecular weight excluding hydrogens is 463 g/mol. The lowest BCUT2D eigenvalue weighted by Crippen LogP contribution is -2.34. The van der Waals surface area contributed by atoms with Crippen LogP contribution >= 0.6 is 46.8 Å². The van der Waals surface area contributed by atoms with E-state index in [-0.39, 0.29) is 11.0 Å². The van der Waals surface area contributed by atoms with Crippen molar-refractivity contribution in [1.29, 1.82) is 0 Å². The first-order valence-corrected chi connectivity index (χ1v) is 10.7. The Balaban J connectivity index is 1.47. The van der Waals surface area contributed by atoms with Gasteiger partial charge < -0.3 is 5.32 Å². The number of carbonyl (C=O) groups excluding carboxylic acids is 1. The number of nitrogens with one attached hydrogen (secondary N) is 2. The van der Waals surface area contributed by atoms with Crippen molar-refractivity contribution in [3.63, 3.8) is 0 Å². The first-order chi connectivity index (χ1) is 14.3. The first kappa shape index (κ1) is 20.7. The molecule has 2 heterocycles. The lowest BCUT2D eigenvalue weighted by Gasteiger charge is -2.12. The van der Waals surface area contributed by atoms with E-state index in [1.165, 1.54) is 17.4 Å². The number of fused-ring (bicyclic) bond motifs is 1. The zero-order chi connectivity index (χ0) is 21.4. The highest BCUT2D eigenvalue weighted by molar-refractivity contribution is 7.80. The Labute approximate surface area is 191 Å². The van der Waals surface area contributed by atoms with Gasteiger partial charge in [0.1, 0.15) is 5.01 Å². The molecule has 0 bridgehead atoms. The Bertz CT molecular complexity index is 1300. The van der Waals surface area contributed by atoms with Crippen molar-refractivity contribution in [3.05, 3.63) is 63.4 Å². The molecule has 0 aliphatic carbocycles. The fourth-order valence-electron chi connectivity index (χ4n) is 2.73. The van der Waals surface area contributed by atoms with Gasteiger partial charge in [-0.25, -0.2) is 0 Å². The maximum Gasteiger partial charge on any atom is 0.257 e. The number of thiocarbonyl (C=S) groups is 1. The monoisotopic (exact) mass is 476 g/mol. The van der Waals surface area contributed by atoms with Crippen molar-refractivity contribution in [3.8, 4) is 10.6 Å². The molecule has 1 amide bonds. The summed E-state index contributed by atoms with van der Waals surface area (Å²) in [6.07, 6.45) is 0. The average Bonchev–Trinajstić information content (AvgIpc) is 3.27. The van der Waals surface area contributed by atoms with Gasteiger partial charge in [-0.05, 0) is 68.0 Å². The van der Waals surface area contributed by atoms with Crippen LogP contribution in [0.3, 0.4) is 0 Å². The van der Waals surface area contributed by atoms with Crippen LogP contribution in [0.1, 0.15) is 21.7 Å². The van der Waals surface area contributed by atoms with E-state index in [1.54, 1.807) is 16.6 Å². The number of halogens is 2. The molecule has 0 saturated heterocycles. The predicted molar refractivity (Wildman–Crippen MR) is 124 cm³/mol. The first-order valence-electron chi connectivity index (χ1n) is 8.69. The van der Waals surface area contributed by atoms with Crippen LogP contribution in [0.25, 0.3) is 15.5 Å². The van der Waals surface area contributed by atoms with Crippen molar-refractivity contribution < 1.29 is 4.79 Å². The minimum atomic E-state index is -0.379. The normalized spacial score (nSPS) is 10.9. The summed E-state index contributed by atoms with van der Waals surface area (Å²) < 4.78 is 1.72. The van der Waals surface area contributed by atoms with Crippen molar-refractivity contribution in [2.45, 2.75) is 13.8 Å². The van der Waals surface area contributed by atoms with Gasteiger partial charge in [0.05, 0.1) is 10.0 Å². The average molecular weight is 477 g/mol. The largest absolute Gasteiger partial charge is 0.332 e. The molecule has 30 heavy (non-hydrogen) atoms. The van der Waals surface area contributed by atoms with Crippen LogP contribution in [0, 0.1) is 13.8 Å². The molecule has 4 aromatic rings. The van der Waals surface area contributed by atoms with Gasteiger partial charge in [0.2, 0.25) is 4.96 Å². The fraction of sp³-hybridized carbons (Fsp3) is 0.105. The molecule has 0 saturated carbocycles. The molecule has 0 spiro atoms. The maximum atomic E-state index is 12.4. The molecule has 2 N–H and O–H groups in total. The Morgan fingerprint density at radius 1 is 1.10 bits per heavy atom. The topological polar surface area (TPSA) is 84.2 Å². The van der Waals surface area contributed by atoms with E-state index >= 15 is 0 Å². The van der Waals surface area contributed by atoms with Crippen LogP contribution < -0.4 is 10.6 Å². The number of anilines is 1. The van der Waals surface area contributed by atoms with E-state index < -0.39 is 0 Å². The molecule has 0 atom stereocenters. The molecule has 4 rings (SSSR count). The predicted octanol–water partition coefficient (Wildman–Crippen LogP) is 4.90. The molecule has 0 radical (unpaired) electrons. The van der Waals surface area contributed by atoms with E-state index in [2.05, 4.69) is 25.9 Å². The summed E-state index contributed by atoms with van der Waals surface area (Å²) in [5, 5.41) is 20.0. The molecule has 7 nitrogen and oxygen atoms in total. The molecule has 0 aliphatic heterocycles. The lowest BCUT2D eigenvalue weighted by atomic mass is 10.1. The minimum Gasteiger partial charge on any atom is -0.332 e. The Hall–Kier alpha value is -2.59. The second-order valence-electron chi connectivity index (χ2n) is 6.42. The quantitative estimate of drug-likeness (QED) is 0.409. The smallest absolute Gasteiger partial charge is 0.257 e. The highest BCUT2D eigenvalue weighted by Crippen LogP contribution is 2.28. The van der Waals surface area contributed by atoms with E-state index in [0.717, 1.165) is 32.6 Å². The highest BCUT2D eigenvalue weighted by atomic mass is 35.5. The zero-order valence-electron chi connectivity index (χ0n) is 15.7. The van der Waals surface area contributed by atoms with Crippen LogP contribution in [0.15, 0.2) is 36.4 Å². The third-order valence-corrected chi connectivity index (χ3v) is 6.17. The number of nitrogens with zero attached hydrogens (tertiary/aromatic N) is 4. The van der Waals surface area contributed by atoms with Crippen molar-refractivity contribution in [2.75, 3.05) is 5.32 Å². The van der Waals surface area contributed by atoms with Crippen LogP contribution in [-0.4, -0.2) is 30.8 Å². The number of benzene rings is 2. The minimum absolute atomic E-state index is 0.177. The Kier molecular flexibility index (Phi) is 5.70. The van der Waals surface area contributed by atoms with Gasteiger partial charge in [0.25, 0.3) is 5.91 Å². The summed E-state index contributed by atoms with van der Waals surface area (Å²) >= 11 is 18.6. The number of carbonyl (C=O) groups is 1. The van der Waals surface area contributed by atoms with Gasteiger partial charge in [-0.2, -0.15) is 9.61 Å². The number of aryl methyl sites for hydroxylation is 2. The summed E-state index contributed by atoms with van der Waals surface area (Å²) in [5.41, 5.74) is 3.04. The summed E-state index contributed by atoms with van der Waals surface area (Å²) in [6, 6.07) is 10.4. The number of aromatic nitrogens is 4. The lowest BCUT2D eigenvalue weighted by molar-refractivity contribution is 0.0977. The standard InChI is InChI=1S/C19H14Cl2N6OS2/c1-9-7-12(17-26-27-10(2)24-25-19(27)30-17)4-6-15(9)22-18(29)23-16(28)11-3-5-13(20)14(21)8-11/h3-8H,1-2H3,(H2,22,23,28,29). The number of amides is 1. The highest BCUT2D eigenvalue weighted by Gasteiger charge is 2.13. The third-order valence-electron chi connectivity index (χ3n) is 4.28. The van der Waals surface area contributed by atoms with Gasteiger partial charge in [0, 0.05) is 16.8 Å². The zero-order valence-corrected chi connectivity index (χ0v) is 18.9. The molecule has 152 valence electrons. The summed E-state index contributed by atoms with van der Waals surface area (Å²) in [4.78, 5) is 13.1. The summed E-state index contributed by atoms with van der Waals surface area (Å²) in [5.74, 6) is 0.362. The summed E-state index contributed by atoms with van der Waals surface area (Å²) in [6.45, 7) is 3.80. The molecule has 2 aromatic heterocycles. The molecule has 0 fully saturated rings.